The second-order valence-electron chi connectivity index (χ2n) is 4.67. The van der Waals surface area contributed by atoms with E-state index in [1.54, 1.807) is 6.20 Å². The highest BCUT2D eigenvalue weighted by Crippen LogP contribution is 2.22. The molecule has 3 N–H and O–H groups in total. The summed E-state index contributed by atoms with van der Waals surface area (Å²) in [5.74, 6) is 0.330. The van der Waals surface area contributed by atoms with Crippen LogP contribution in [0.2, 0.25) is 0 Å². The molecule has 1 saturated carbocycles. The number of carbonyl (C=O) groups excluding carboxylic acids is 1. The van der Waals surface area contributed by atoms with Crippen molar-refractivity contribution in [2.45, 2.75) is 38.3 Å². The fourth-order valence-electron chi connectivity index (χ4n) is 2.25. The predicted molar refractivity (Wildman–Crippen MR) is 65.2 cm³/mol. The van der Waals surface area contributed by atoms with Crippen molar-refractivity contribution in [2.24, 2.45) is 11.7 Å². The van der Waals surface area contributed by atoms with Crippen molar-refractivity contribution in [1.82, 2.24) is 15.1 Å². The fourth-order valence-corrected chi connectivity index (χ4v) is 2.25. The van der Waals surface area contributed by atoms with E-state index in [4.69, 9.17) is 5.73 Å². The molecule has 0 aromatic carbocycles. The van der Waals surface area contributed by atoms with Gasteiger partial charge in [0.05, 0.1) is 6.54 Å². The third-order valence-corrected chi connectivity index (χ3v) is 3.34. The van der Waals surface area contributed by atoms with Crippen LogP contribution in [0.5, 0.6) is 0 Å². The summed E-state index contributed by atoms with van der Waals surface area (Å²) in [5.41, 5.74) is 5.82. The minimum atomic E-state index is 0.160. The molecule has 5 nitrogen and oxygen atoms in total. The number of hydrogen-bond acceptors (Lipinski definition) is 3. The summed E-state index contributed by atoms with van der Waals surface area (Å²) in [7, 11) is 0. The third kappa shape index (κ3) is 3.56. The summed E-state index contributed by atoms with van der Waals surface area (Å²) in [6, 6.07) is 2.17. The Morgan fingerprint density at radius 1 is 1.41 bits per heavy atom. The highest BCUT2D eigenvalue weighted by atomic mass is 16.1. The Morgan fingerprint density at radius 2 is 2.18 bits per heavy atom. The second kappa shape index (κ2) is 5.82. The van der Waals surface area contributed by atoms with Gasteiger partial charge in [0.25, 0.3) is 0 Å². The van der Waals surface area contributed by atoms with E-state index in [1.165, 1.54) is 0 Å². The Labute approximate surface area is 101 Å². The molecular formula is C12H20N4O. The van der Waals surface area contributed by atoms with E-state index < -0.39 is 0 Å². The Balaban J connectivity index is 1.67. The van der Waals surface area contributed by atoms with Crippen LogP contribution in [-0.4, -0.2) is 28.3 Å². The molecule has 0 bridgehead atoms. The molecule has 0 spiro atoms. The summed E-state index contributed by atoms with van der Waals surface area (Å²) in [4.78, 5) is 11.9. The first-order chi connectivity index (χ1) is 8.25. The number of nitrogens with zero attached hydrogens (tertiary/aromatic N) is 2. The summed E-state index contributed by atoms with van der Waals surface area (Å²) in [5, 5.41) is 7.05. The van der Waals surface area contributed by atoms with Crippen molar-refractivity contribution in [3.8, 4) is 0 Å². The fraction of sp³-hybridized carbons (Fsp3) is 0.667. The smallest absolute Gasteiger partial charge is 0.223 e. The predicted octanol–water partition coefficient (Wildman–Crippen LogP) is 0.517. The van der Waals surface area contributed by atoms with Gasteiger partial charge < -0.3 is 11.1 Å². The molecule has 1 aliphatic rings. The van der Waals surface area contributed by atoms with Crippen LogP contribution in [0.3, 0.4) is 0 Å². The first-order valence-electron chi connectivity index (χ1n) is 6.26. The maximum absolute atomic E-state index is 11.9. The number of rotatable bonds is 4. The van der Waals surface area contributed by atoms with Crippen molar-refractivity contribution >= 4 is 5.91 Å². The summed E-state index contributed by atoms with van der Waals surface area (Å²) in [6.07, 6.45) is 7.42. The van der Waals surface area contributed by atoms with Gasteiger partial charge >= 0.3 is 0 Å². The highest BCUT2D eigenvalue weighted by molar-refractivity contribution is 5.78. The molecule has 1 amide bonds. The molecule has 2 rings (SSSR count). The van der Waals surface area contributed by atoms with Gasteiger partial charge in [0.15, 0.2) is 0 Å². The standard InChI is InChI=1S/C12H20N4O/c13-11-4-2-10(3-5-11)12(17)14-7-9-16-8-1-6-15-16/h1,6,8,10-11H,2-5,7,9,13H2,(H,14,17). The number of aromatic nitrogens is 2. The maximum atomic E-state index is 11.9. The van der Waals surface area contributed by atoms with E-state index in [2.05, 4.69) is 10.4 Å². The average Bonchev–Trinajstić information content (AvgIpc) is 2.83. The van der Waals surface area contributed by atoms with Crippen molar-refractivity contribution in [1.29, 1.82) is 0 Å². The number of carbonyl (C=O) groups is 1. The average molecular weight is 236 g/mol. The zero-order valence-electron chi connectivity index (χ0n) is 10.0. The van der Waals surface area contributed by atoms with E-state index in [-0.39, 0.29) is 11.8 Å². The van der Waals surface area contributed by atoms with Gasteiger partial charge in [-0.05, 0) is 31.7 Å². The molecule has 1 heterocycles. The summed E-state index contributed by atoms with van der Waals surface area (Å²) >= 11 is 0. The second-order valence-corrected chi connectivity index (χ2v) is 4.67. The van der Waals surface area contributed by atoms with Crippen LogP contribution in [-0.2, 0) is 11.3 Å². The maximum Gasteiger partial charge on any atom is 0.223 e. The van der Waals surface area contributed by atoms with Crippen LogP contribution in [0.25, 0.3) is 0 Å². The van der Waals surface area contributed by atoms with Gasteiger partial charge in [-0.25, -0.2) is 0 Å². The van der Waals surface area contributed by atoms with Crippen LogP contribution in [0, 0.1) is 5.92 Å². The number of hydrogen-bond donors (Lipinski definition) is 2. The van der Waals surface area contributed by atoms with Crippen molar-refractivity contribution in [3.63, 3.8) is 0 Å². The van der Waals surface area contributed by atoms with Crippen LogP contribution < -0.4 is 11.1 Å². The molecule has 1 aromatic rings. The van der Waals surface area contributed by atoms with Crippen LogP contribution in [0.15, 0.2) is 18.5 Å². The molecule has 17 heavy (non-hydrogen) atoms. The molecule has 0 aliphatic heterocycles. The highest BCUT2D eigenvalue weighted by Gasteiger charge is 2.23. The minimum absolute atomic E-state index is 0.160. The Bertz CT molecular complexity index is 341. The zero-order valence-corrected chi connectivity index (χ0v) is 10.0. The summed E-state index contributed by atoms with van der Waals surface area (Å²) < 4.78 is 1.82. The molecule has 0 radical (unpaired) electrons. The minimum Gasteiger partial charge on any atom is -0.354 e. The van der Waals surface area contributed by atoms with Gasteiger partial charge in [0.1, 0.15) is 0 Å². The van der Waals surface area contributed by atoms with Crippen molar-refractivity contribution < 1.29 is 4.79 Å². The molecule has 0 saturated heterocycles. The summed E-state index contributed by atoms with van der Waals surface area (Å²) in [6.45, 7) is 1.37. The normalized spacial score (nSPS) is 24.5. The lowest BCUT2D eigenvalue weighted by Gasteiger charge is -2.25. The van der Waals surface area contributed by atoms with Crippen LogP contribution in [0.1, 0.15) is 25.7 Å². The molecule has 1 fully saturated rings. The zero-order chi connectivity index (χ0) is 12.1. The van der Waals surface area contributed by atoms with Gasteiger partial charge in [-0.2, -0.15) is 5.10 Å². The molecule has 1 aliphatic carbocycles. The van der Waals surface area contributed by atoms with Crippen molar-refractivity contribution in [2.75, 3.05) is 6.54 Å². The number of nitrogens with two attached hydrogens (primary N) is 1. The topological polar surface area (TPSA) is 72.9 Å². The third-order valence-electron chi connectivity index (χ3n) is 3.34. The van der Waals surface area contributed by atoms with Gasteiger partial charge in [-0.15, -0.1) is 0 Å². The number of nitrogens with one attached hydrogen (secondary N) is 1. The van der Waals surface area contributed by atoms with Crippen molar-refractivity contribution in [3.05, 3.63) is 18.5 Å². The Kier molecular flexibility index (Phi) is 4.14. The Hall–Kier alpha value is -1.36. The lowest BCUT2D eigenvalue weighted by atomic mass is 9.86. The molecule has 94 valence electrons. The van der Waals surface area contributed by atoms with Gasteiger partial charge in [-0.3, -0.25) is 9.48 Å². The van der Waals surface area contributed by atoms with Gasteiger partial charge in [-0.1, -0.05) is 0 Å². The molecule has 0 atom stereocenters. The van der Waals surface area contributed by atoms with E-state index in [9.17, 15) is 4.79 Å². The molecular weight excluding hydrogens is 216 g/mol. The first-order valence-corrected chi connectivity index (χ1v) is 6.26. The van der Waals surface area contributed by atoms with Crippen LogP contribution in [0.4, 0.5) is 0 Å². The SMILES string of the molecule is NC1CCC(C(=O)NCCn2cccn2)CC1. The molecule has 5 heteroatoms. The van der Waals surface area contributed by atoms with Gasteiger partial charge in [0, 0.05) is 30.9 Å². The molecule has 1 aromatic heterocycles. The van der Waals surface area contributed by atoms with Gasteiger partial charge in [0.2, 0.25) is 5.91 Å². The lowest BCUT2D eigenvalue weighted by molar-refractivity contribution is -0.126. The lowest BCUT2D eigenvalue weighted by Crippen LogP contribution is -2.37. The van der Waals surface area contributed by atoms with E-state index in [0.29, 0.717) is 12.6 Å². The first kappa shape index (κ1) is 12.1. The van der Waals surface area contributed by atoms with E-state index in [1.807, 2.05) is 16.9 Å². The monoisotopic (exact) mass is 236 g/mol. The Morgan fingerprint density at radius 3 is 2.82 bits per heavy atom. The molecule has 0 unspecified atom stereocenters. The van der Waals surface area contributed by atoms with E-state index in [0.717, 1.165) is 32.2 Å². The van der Waals surface area contributed by atoms with E-state index >= 15 is 0 Å². The largest absolute Gasteiger partial charge is 0.354 e. The van der Waals surface area contributed by atoms with Crippen LogP contribution >= 0.6 is 0 Å². The quantitative estimate of drug-likeness (QED) is 0.800. The number of amides is 1.